The minimum absolute atomic E-state index is 0.151. The molecule has 0 aromatic heterocycles. The Morgan fingerprint density at radius 1 is 0.871 bits per heavy atom. The van der Waals surface area contributed by atoms with Crippen molar-refractivity contribution in [1.29, 1.82) is 0 Å². The highest BCUT2D eigenvalue weighted by atomic mass is 32.1. The summed E-state index contributed by atoms with van der Waals surface area (Å²) in [5.74, 6) is 0.872. The first kappa shape index (κ1) is 20.0. The third-order valence-electron chi connectivity index (χ3n) is 6.43. The largest absolute Gasteiger partial charge is 0.331 e. The number of hydrogen-bond acceptors (Lipinski definition) is 2. The molecule has 4 heteroatoms. The number of nitrogens with one attached hydrogen (secondary N) is 1. The van der Waals surface area contributed by atoms with Crippen LogP contribution in [-0.2, 0) is 6.42 Å². The Bertz CT molecular complexity index is 1050. The number of thiocarbonyl (C=S) groups is 1. The molecule has 156 valence electrons. The number of rotatable bonds is 4. The predicted octanol–water partition coefficient (Wildman–Crippen LogP) is 6.46. The van der Waals surface area contributed by atoms with Crippen molar-refractivity contribution in [3.63, 3.8) is 0 Å². The summed E-state index contributed by atoms with van der Waals surface area (Å²) in [7, 11) is 0. The van der Waals surface area contributed by atoms with Gasteiger partial charge < -0.3 is 5.32 Å². The van der Waals surface area contributed by atoms with E-state index in [2.05, 4.69) is 71.0 Å². The van der Waals surface area contributed by atoms with Gasteiger partial charge in [-0.2, -0.15) is 5.10 Å². The van der Waals surface area contributed by atoms with Gasteiger partial charge in [-0.25, -0.2) is 5.01 Å². The Kier molecular flexibility index (Phi) is 5.81. The Morgan fingerprint density at radius 3 is 2.23 bits per heavy atom. The molecular weight excluding hydrogens is 398 g/mol. The van der Waals surface area contributed by atoms with Gasteiger partial charge in [0.05, 0.1) is 6.04 Å². The second kappa shape index (κ2) is 9.03. The van der Waals surface area contributed by atoms with E-state index in [0.717, 1.165) is 18.5 Å². The van der Waals surface area contributed by atoms with E-state index in [1.54, 1.807) is 0 Å². The fourth-order valence-corrected chi connectivity index (χ4v) is 5.29. The number of anilines is 1. The van der Waals surface area contributed by atoms with E-state index in [9.17, 15) is 0 Å². The summed E-state index contributed by atoms with van der Waals surface area (Å²) in [5.41, 5.74) is 4.98. The zero-order chi connectivity index (χ0) is 21.0. The third kappa shape index (κ3) is 4.26. The quantitative estimate of drug-likeness (QED) is 0.486. The zero-order valence-electron chi connectivity index (χ0n) is 17.5. The highest BCUT2D eigenvalue weighted by Gasteiger charge is 2.44. The molecule has 5 rings (SSSR count). The van der Waals surface area contributed by atoms with Crippen LogP contribution in [0, 0.1) is 11.8 Å². The van der Waals surface area contributed by atoms with E-state index >= 15 is 0 Å². The first-order valence-electron chi connectivity index (χ1n) is 11.1. The third-order valence-corrected chi connectivity index (χ3v) is 6.72. The Morgan fingerprint density at radius 2 is 1.52 bits per heavy atom. The van der Waals surface area contributed by atoms with Gasteiger partial charge in [0.15, 0.2) is 5.11 Å². The minimum atomic E-state index is 0.151. The normalized spacial score (nSPS) is 22.5. The number of fused-ring (bicyclic) bond motifs is 1. The lowest BCUT2D eigenvalue weighted by Crippen LogP contribution is -2.35. The smallest absolute Gasteiger partial charge is 0.194 e. The van der Waals surface area contributed by atoms with Gasteiger partial charge in [0.25, 0.3) is 0 Å². The van der Waals surface area contributed by atoms with E-state index < -0.39 is 0 Å². The molecule has 0 amide bonds. The molecular formula is C27H27N3S. The maximum absolute atomic E-state index is 5.87. The summed E-state index contributed by atoms with van der Waals surface area (Å²) in [6.45, 7) is 0. The summed E-state index contributed by atoms with van der Waals surface area (Å²) >= 11 is 5.87. The first-order chi connectivity index (χ1) is 15.3. The summed E-state index contributed by atoms with van der Waals surface area (Å²) < 4.78 is 0. The maximum atomic E-state index is 5.87. The standard InChI is InChI=1S/C27H27N3S/c31-27(28-23-16-8-3-9-17-23)30-26(21-13-6-2-7-14-21)24-18-10-15-22(25(24)29-30)19-20-11-4-1-5-12-20/h1-9,11-14,16-17,22,24,26H,10,15,18-19H2,(H,28,31). The van der Waals surface area contributed by atoms with Crippen LogP contribution in [0.25, 0.3) is 0 Å². The summed E-state index contributed by atoms with van der Waals surface area (Å²) in [4.78, 5) is 0. The number of para-hydroxylation sites is 1. The average molecular weight is 426 g/mol. The molecule has 3 atom stereocenters. The average Bonchev–Trinajstić information content (AvgIpc) is 3.22. The van der Waals surface area contributed by atoms with Crippen molar-refractivity contribution < 1.29 is 0 Å². The van der Waals surface area contributed by atoms with Crippen LogP contribution in [0.4, 0.5) is 5.69 Å². The first-order valence-corrected chi connectivity index (χ1v) is 11.5. The van der Waals surface area contributed by atoms with Gasteiger partial charge in [0, 0.05) is 23.2 Å². The molecule has 3 nitrogen and oxygen atoms in total. The fourth-order valence-electron chi connectivity index (χ4n) is 5.02. The second-order valence-electron chi connectivity index (χ2n) is 8.45. The molecule has 1 aliphatic heterocycles. The van der Waals surface area contributed by atoms with Crippen LogP contribution < -0.4 is 5.32 Å². The molecule has 3 unspecified atom stereocenters. The molecule has 1 N–H and O–H groups in total. The van der Waals surface area contributed by atoms with Gasteiger partial charge in [0.2, 0.25) is 0 Å². The maximum Gasteiger partial charge on any atom is 0.194 e. The van der Waals surface area contributed by atoms with E-state index in [1.165, 1.54) is 29.7 Å². The molecule has 3 aromatic rings. The van der Waals surface area contributed by atoms with Crippen LogP contribution in [0.15, 0.2) is 96.1 Å². The molecule has 31 heavy (non-hydrogen) atoms. The molecule has 1 fully saturated rings. The number of hydrazone groups is 1. The van der Waals surface area contributed by atoms with E-state index in [1.807, 2.05) is 30.3 Å². The molecule has 0 bridgehead atoms. The molecule has 3 aromatic carbocycles. The molecule has 0 radical (unpaired) electrons. The Balaban J connectivity index is 1.46. The van der Waals surface area contributed by atoms with Gasteiger partial charge in [-0.1, -0.05) is 85.3 Å². The van der Waals surface area contributed by atoms with E-state index in [-0.39, 0.29) is 6.04 Å². The van der Waals surface area contributed by atoms with Crippen molar-refractivity contribution in [3.8, 4) is 0 Å². The highest BCUT2D eigenvalue weighted by molar-refractivity contribution is 7.80. The topological polar surface area (TPSA) is 27.6 Å². The van der Waals surface area contributed by atoms with Crippen LogP contribution in [0.1, 0.15) is 36.4 Å². The van der Waals surface area contributed by atoms with Gasteiger partial charge in [-0.15, -0.1) is 0 Å². The van der Waals surface area contributed by atoms with Crippen LogP contribution >= 0.6 is 12.2 Å². The number of nitrogens with zero attached hydrogens (tertiary/aromatic N) is 2. The molecule has 1 heterocycles. The Hall–Kier alpha value is -2.98. The van der Waals surface area contributed by atoms with Crippen molar-refractivity contribution >= 4 is 28.7 Å². The lowest BCUT2D eigenvalue weighted by Gasteiger charge is -2.32. The molecule has 0 saturated heterocycles. The van der Waals surface area contributed by atoms with Crippen molar-refractivity contribution in [1.82, 2.24) is 5.01 Å². The molecule has 0 spiro atoms. The lowest BCUT2D eigenvalue weighted by atomic mass is 9.73. The van der Waals surface area contributed by atoms with E-state index in [4.69, 9.17) is 17.3 Å². The van der Waals surface area contributed by atoms with Gasteiger partial charge in [0.1, 0.15) is 0 Å². The van der Waals surface area contributed by atoms with Crippen molar-refractivity contribution in [3.05, 3.63) is 102 Å². The summed E-state index contributed by atoms with van der Waals surface area (Å²) in [6, 6.07) is 31.8. The number of hydrogen-bond donors (Lipinski definition) is 1. The van der Waals surface area contributed by atoms with Crippen molar-refractivity contribution in [2.75, 3.05) is 5.32 Å². The second-order valence-corrected chi connectivity index (χ2v) is 8.83. The van der Waals surface area contributed by atoms with Gasteiger partial charge >= 0.3 is 0 Å². The molecule has 2 aliphatic rings. The predicted molar refractivity (Wildman–Crippen MR) is 132 cm³/mol. The highest BCUT2D eigenvalue weighted by Crippen LogP contribution is 2.45. The van der Waals surface area contributed by atoms with Crippen LogP contribution in [0.5, 0.6) is 0 Å². The minimum Gasteiger partial charge on any atom is -0.331 e. The SMILES string of the molecule is S=C(Nc1ccccc1)N1N=C2C(Cc3ccccc3)CCCC2C1c1ccccc1. The Labute approximate surface area is 189 Å². The fraction of sp³-hybridized carbons (Fsp3) is 0.259. The monoisotopic (exact) mass is 425 g/mol. The van der Waals surface area contributed by atoms with Crippen LogP contribution in [0.3, 0.4) is 0 Å². The molecule has 1 aliphatic carbocycles. The summed E-state index contributed by atoms with van der Waals surface area (Å²) in [6.07, 6.45) is 4.63. The van der Waals surface area contributed by atoms with Gasteiger partial charge in [-0.05, 0) is 54.7 Å². The van der Waals surface area contributed by atoms with Gasteiger partial charge in [-0.3, -0.25) is 0 Å². The van der Waals surface area contributed by atoms with E-state index in [0.29, 0.717) is 16.9 Å². The van der Waals surface area contributed by atoms with Crippen molar-refractivity contribution in [2.45, 2.75) is 31.7 Å². The number of benzene rings is 3. The lowest BCUT2D eigenvalue weighted by molar-refractivity contribution is 0.297. The molecule has 1 saturated carbocycles. The van der Waals surface area contributed by atoms with Crippen molar-refractivity contribution in [2.24, 2.45) is 16.9 Å². The van der Waals surface area contributed by atoms with Crippen LogP contribution in [0.2, 0.25) is 0 Å². The zero-order valence-corrected chi connectivity index (χ0v) is 18.3. The summed E-state index contributed by atoms with van der Waals surface area (Å²) in [5, 5.41) is 11.3. The van der Waals surface area contributed by atoms with Crippen LogP contribution in [-0.4, -0.2) is 15.8 Å².